The van der Waals surface area contributed by atoms with Crippen LogP contribution in [0.5, 0.6) is 0 Å². The Morgan fingerprint density at radius 3 is 2.50 bits per heavy atom. The first-order chi connectivity index (χ1) is 9.40. The quantitative estimate of drug-likeness (QED) is 0.795. The number of cyclic esters (lactones) is 1. The van der Waals surface area contributed by atoms with Gasteiger partial charge in [-0.15, -0.1) is 11.6 Å². The molecule has 0 aliphatic carbocycles. The van der Waals surface area contributed by atoms with E-state index in [1.54, 1.807) is 0 Å². The predicted octanol–water partition coefficient (Wildman–Crippen LogP) is 3.66. The molecule has 0 radical (unpaired) electrons. The van der Waals surface area contributed by atoms with Crippen LogP contribution >= 0.6 is 11.6 Å². The lowest BCUT2D eigenvalue weighted by Crippen LogP contribution is -2.24. The summed E-state index contributed by atoms with van der Waals surface area (Å²) in [6.07, 6.45) is -4.48. The third-order valence-electron chi connectivity index (χ3n) is 3.04. The minimum absolute atomic E-state index is 0.232. The number of halogens is 4. The Bertz CT molecular complexity index is 475. The molecule has 7 heteroatoms. The van der Waals surface area contributed by atoms with Crippen LogP contribution in [-0.2, 0) is 17.5 Å². The molecule has 1 aromatic rings. The number of nitrogens with zero attached hydrogens (tertiary/aromatic N) is 1. The van der Waals surface area contributed by atoms with Crippen LogP contribution in [0.3, 0.4) is 0 Å². The normalized spacial score (nSPS) is 19.3. The zero-order chi connectivity index (χ0) is 14.8. The van der Waals surface area contributed by atoms with Crippen LogP contribution in [0.2, 0.25) is 0 Å². The zero-order valence-corrected chi connectivity index (χ0v) is 11.2. The average molecular weight is 308 g/mol. The Morgan fingerprint density at radius 1 is 1.30 bits per heavy atom. The van der Waals surface area contributed by atoms with Crippen LogP contribution in [0.15, 0.2) is 24.3 Å². The Morgan fingerprint density at radius 2 is 1.95 bits per heavy atom. The summed E-state index contributed by atoms with van der Waals surface area (Å²) < 4.78 is 42.4. The number of rotatable bonds is 4. The van der Waals surface area contributed by atoms with E-state index in [9.17, 15) is 18.0 Å². The van der Waals surface area contributed by atoms with Crippen molar-refractivity contribution in [1.29, 1.82) is 0 Å². The highest BCUT2D eigenvalue weighted by Crippen LogP contribution is 2.29. The van der Waals surface area contributed by atoms with Gasteiger partial charge in [0, 0.05) is 12.4 Å². The minimum Gasteiger partial charge on any atom is -0.444 e. The molecule has 0 N–H and O–H groups in total. The number of alkyl halides is 4. The summed E-state index contributed by atoms with van der Waals surface area (Å²) in [7, 11) is 0. The van der Waals surface area contributed by atoms with E-state index in [1.807, 2.05) is 0 Å². The fourth-order valence-electron chi connectivity index (χ4n) is 2.00. The van der Waals surface area contributed by atoms with Crippen molar-refractivity contribution in [2.45, 2.75) is 25.2 Å². The van der Waals surface area contributed by atoms with Crippen molar-refractivity contribution in [2.24, 2.45) is 0 Å². The first-order valence-corrected chi connectivity index (χ1v) is 6.61. The molecule has 20 heavy (non-hydrogen) atoms. The van der Waals surface area contributed by atoms with Crippen LogP contribution in [0.4, 0.5) is 18.0 Å². The average Bonchev–Trinajstić information content (AvgIpc) is 2.70. The van der Waals surface area contributed by atoms with Gasteiger partial charge in [-0.2, -0.15) is 13.2 Å². The smallest absolute Gasteiger partial charge is 0.416 e. The van der Waals surface area contributed by atoms with Gasteiger partial charge in [-0.25, -0.2) is 4.79 Å². The number of amides is 1. The monoisotopic (exact) mass is 307 g/mol. The second kappa shape index (κ2) is 5.91. The Balaban J connectivity index is 1.99. The summed E-state index contributed by atoms with van der Waals surface area (Å²) in [6.45, 7) is 0.641. The van der Waals surface area contributed by atoms with Gasteiger partial charge >= 0.3 is 12.3 Å². The second-order valence-corrected chi connectivity index (χ2v) is 4.94. The van der Waals surface area contributed by atoms with E-state index in [2.05, 4.69) is 0 Å². The van der Waals surface area contributed by atoms with Crippen molar-refractivity contribution < 1.29 is 22.7 Å². The molecule has 1 atom stereocenters. The van der Waals surface area contributed by atoms with Crippen LogP contribution in [0, 0.1) is 0 Å². The van der Waals surface area contributed by atoms with E-state index >= 15 is 0 Å². The highest BCUT2D eigenvalue weighted by atomic mass is 35.5. The third kappa shape index (κ3) is 3.56. The third-order valence-corrected chi connectivity index (χ3v) is 3.25. The molecule has 2 rings (SSSR count). The molecule has 1 amide bonds. The van der Waals surface area contributed by atoms with Crippen molar-refractivity contribution in [3.63, 3.8) is 0 Å². The lowest BCUT2D eigenvalue weighted by Gasteiger charge is -2.13. The Labute approximate surface area is 119 Å². The van der Waals surface area contributed by atoms with Gasteiger partial charge in [0.05, 0.1) is 12.1 Å². The molecule has 0 spiro atoms. The molecule has 1 aliphatic heterocycles. The standard InChI is InChI=1S/C13H13ClF3NO2/c14-6-5-11-8-18(12(19)20-11)7-9-1-3-10(4-2-9)13(15,16)17/h1-4,11H,5-8H2. The van der Waals surface area contributed by atoms with Crippen molar-refractivity contribution in [1.82, 2.24) is 4.90 Å². The largest absolute Gasteiger partial charge is 0.444 e. The Kier molecular flexibility index (Phi) is 4.42. The molecule has 0 bridgehead atoms. The van der Waals surface area contributed by atoms with Gasteiger partial charge in [0.1, 0.15) is 6.10 Å². The molecule has 1 heterocycles. The van der Waals surface area contributed by atoms with Gasteiger partial charge in [0.2, 0.25) is 0 Å². The molecule has 110 valence electrons. The fourth-order valence-corrected chi connectivity index (χ4v) is 2.24. The van der Waals surface area contributed by atoms with Crippen molar-refractivity contribution in [3.05, 3.63) is 35.4 Å². The van der Waals surface area contributed by atoms with Gasteiger partial charge < -0.3 is 9.64 Å². The second-order valence-electron chi connectivity index (χ2n) is 4.56. The lowest BCUT2D eigenvalue weighted by atomic mass is 10.1. The van der Waals surface area contributed by atoms with E-state index in [0.29, 0.717) is 24.4 Å². The maximum absolute atomic E-state index is 12.4. The number of hydrogen-bond acceptors (Lipinski definition) is 2. The van der Waals surface area contributed by atoms with E-state index in [1.165, 1.54) is 17.0 Å². The predicted molar refractivity (Wildman–Crippen MR) is 67.5 cm³/mol. The van der Waals surface area contributed by atoms with E-state index in [-0.39, 0.29) is 12.6 Å². The molecule has 3 nitrogen and oxygen atoms in total. The number of carbonyl (C=O) groups excluding carboxylic acids is 1. The number of carbonyl (C=O) groups is 1. The van der Waals surface area contributed by atoms with Crippen molar-refractivity contribution in [2.75, 3.05) is 12.4 Å². The summed E-state index contributed by atoms with van der Waals surface area (Å²) in [6, 6.07) is 4.75. The summed E-state index contributed by atoms with van der Waals surface area (Å²) in [5.74, 6) is 0.395. The molecule has 0 saturated carbocycles. The summed E-state index contributed by atoms with van der Waals surface area (Å²) in [5.41, 5.74) is -0.0771. The van der Waals surface area contributed by atoms with Gasteiger partial charge in [0.25, 0.3) is 0 Å². The molecule has 0 aromatic heterocycles. The van der Waals surface area contributed by atoms with Crippen molar-refractivity contribution in [3.8, 4) is 0 Å². The van der Waals surface area contributed by atoms with E-state index < -0.39 is 17.8 Å². The van der Waals surface area contributed by atoms with Gasteiger partial charge in [0.15, 0.2) is 0 Å². The van der Waals surface area contributed by atoms with Crippen LogP contribution in [0.1, 0.15) is 17.5 Å². The first-order valence-electron chi connectivity index (χ1n) is 6.08. The molecular weight excluding hydrogens is 295 g/mol. The molecule has 1 saturated heterocycles. The van der Waals surface area contributed by atoms with Gasteiger partial charge in [-0.05, 0) is 24.1 Å². The topological polar surface area (TPSA) is 29.5 Å². The van der Waals surface area contributed by atoms with E-state index in [4.69, 9.17) is 16.3 Å². The minimum atomic E-state index is -4.35. The number of benzene rings is 1. The maximum Gasteiger partial charge on any atom is 0.416 e. The van der Waals surface area contributed by atoms with Crippen LogP contribution < -0.4 is 0 Å². The fraction of sp³-hybridized carbons (Fsp3) is 0.462. The highest BCUT2D eigenvalue weighted by molar-refractivity contribution is 6.17. The number of hydrogen-bond donors (Lipinski definition) is 0. The maximum atomic E-state index is 12.4. The lowest BCUT2D eigenvalue weighted by molar-refractivity contribution is -0.137. The molecule has 1 aliphatic rings. The van der Waals surface area contributed by atoms with Crippen LogP contribution in [-0.4, -0.2) is 29.5 Å². The molecular formula is C13H13ClF3NO2. The summed E-state index contributed by atoms with van der Waals surface area (Å²) >= 11 is 5.58. The highest BCUT2D eigenvalue weighted by Gasteiger charge is 2.32. The molecule has 1 unspecified atom stereocenters. The Hall–Kier alpha value is -1.43. The van der Waals surface area contributed by atoms with Crippen molar-refractivity contribution >= 4 is 17.7 Å². The van der Waals surface area contributed by atoms with Crippen LogP contribution in [0.25, 0.3) is 0 Å². The summed E-state index contributed by atoms with van der Waals surface area (Å²) in [5, 5.41) is 0. The molecule has 1 fully saturated rings. The SMILES string of the molecule is O=C1OC(CCCl)CN1Cc1ccc(C(F)(F)F)cc1. The van der Waals surface area contributed by atoms with Gasteiger partial charge in [-0.3, -0.25) is 0 Å². The first kappa shape index (κ1) is 15.0. The molecule has 1 aromatic carbocycles. The summed E-state index contributed by atoms with van der Waals surface area (Å²) in [4.78, 5) is 13.0. The van der Waals surface area contributed by atoms with Gasteiger partial charge in [-0.1, -0.05) is 12.1 Å². The number of ether oxygens (including phenoxy) is 1. The zero-order valence-electron chi connectivity index (χ0n) is 10.5. The van der Waals surface area contributed by atoms with E-state index in [0.717, 1.165) is 12.1 Å².